The number of rotatable bonds is 7. The maximum atomic E-state index is 11.8. The van der Waals surface area contributed by atoms with Crippen LogP contribution in [0.3, 0.4) is 0 Å². The molecule has 0 aliphatic rings. The SMILES string of the molecule is COCc1c(Br)c(C)nc(OCC(=O)NN=Cc2ccc(Br)o2)c1C#N. The van der Waals surface area contributed by atoms with Crippen LogP contribution in [-0.4, -0.2) is 30.8 Å². The molecule has 2 rings (SSSR count). The Morgan fingerprint density at radius 3 is 2.88 bits per heavy atom. The zero-order chi connectivity index (χ0) is 19.1. The van der Waals surface area contributed by atoms with Gasteiger partial charge < -0.3 is 13.9 Å². The number of nitrogens with one attached hydrogen (secondary N) is 1. The number of carbonyl (C=O) groups is 1. The molecule has 1 amide bonds. The van der Waals surface area contributed by atoms with E-state index in [4.69, 9.17) is 13.9 Å². The van der Waals surface area contributed by atoms with Gasteiger partial charge in [-0.25, -0.2) is 10.4 Å². The van der Waals surface area contributed by atoms with Crippen molar-refractivity contribution in [1.82, 2.24) is 10.4 Å². The van der Waals surface area contributed by atoms with Gasteiger partial charge in [-0.2, -0.15) is 10.4 Å². The maximum absolute atomic E-state index is 11.8. The smallest absolute Gasteiger partial charge is 0.278 e. The standard InChI is InChI=1S/C16H14Br2N4O4/c1-9-15(18)12(7-24-2)11(5-19)16(21-9)25-8-14(23)22-20-6-10-3-4-13(17)26-10/h3-4,6H,7-8H2,1-2H3,(H,22,23). The van der Waals surface area contributed by atoms with Crippen LogP contribution in [0.1, 0.15) is 22.6 Å². The summed E-state index contributed by atoms with van der Waals surface area (Å²) < 4.78 is 16.9. The molecule has 0 aliphatic heterocycles. The zero-order valence-corrected chi connectivity index (χ0v) is 17.0. The Kier molecular flexibility index (Phi) is 7.32. The first-order valence-corrected chi connectivity index (χ1v) is 8.83. The van der Waals surface area contributed by atoms with Crippen molar-refractivity contribution in [2.75, 3.05) is 13.7 Å². The van der Waals surface area contributed by atoms with E-state index < -0.39 is 5.91 Å². The van der Waals surface area contributed by atoms with Crippen LogP contribution in [0.2, 0.25) is 0 Å². The van der Waals surface area contributed by atoms with Gasteiger partial charge in [0.1, 0.15) is 17.4 Å². The van der Waals surface area contributed by atoms with Crippen molar-refractivity contribution in [3.05, 3.63) is 43.9 Å². The Morgan fingerprint density at radius 2 is 2.27 bits per heavy atom. The summed E-state index contributed by atoms with van der Waals surface area (Å²) in [5.74, 6) is 0.0278. The van der Waals surface area contributed by atoms with E-state index in [9.17, 15) is 10.1 Å². The average Bonchev–Trinajstić information content (AvgIpc) is 3.02. The van der Waals surface area contributed by atoms with Crippen LogP contribution in [0.5, 0.6) is 5.88 Å². The lowest BCUT2D eigenvalue weighted by Crippen LogP contribution is -2.25. The maximum Gasteiger partial charge on any atom is 0.278 e. The number of hydrogen-bond acceptors (Lipinski definition) is 7. The molecular formula is C16H14Br2N4O4. The normalized spacial score (nSPS) is 10.7. The second kappa shape index (κ2) is 9.47. The Balaban J connectivity index is 2.03. The monoisotopic (exact) mass is 484 g/mol. The lowest BCUT2D eigenvalue weighted by molar-refractivity contribution is -0.123. The van der Waals surface area contributed by atoms with Crippen LogP contribution >= 0.6 is 31.9 Å². The molecule has 2 heterocycles. The van der Waals surface area contributed by atoms with Gasteiger partial charge in [-0.15, -0.1) is 0 Å². The van der Waals surface area contributed by atoms with Crippen LogP contribution in [0.25, 0.3) is 0 Å². The van der Waals surface area contributed by atoms with E-state index >= 15 is 0 Å². The van der Waals surface area contributed by atoms with Crippen molar-refractivity contribution in [1.29, 1.82) is 5.26 Å². The second-order valence-corrected chi connectivity index (χ2v) is 6.51. The van der Waals surface area contributed by atoms with Crippen molar-refractivity contribution in [2.45, 2.75) is 13.5 Å². The van der Waals surface area contributed by atoms with Crippen LogP contribution in [-0.2, 0) is 16.1 Å². The molecular weight excluding hydrogens is 472 g/mol. The van der Waals surface area contributed by atoms with E-state index in [-0.39, 0.29) is 24.7 Å². The van der Waals surface area contributed by atoms with Crippen molar-refractivity contribution in [3.8, 4) is 11.9 Å². The van der Waals surface area contributed by atoms with Crippen molar-refractivity contribution >= 4 is 44.0 Å². The molecule has 26 heavy (non-hydrogen) atoms. The fourth-order valence-electron chi connectivity index (χ4n) is 1.95. The van der Waals surface area contributed by atoms with Gasteiger partial charge >= 0.3 is 0 Å². The average molecular weight is 486 g/mol. The molecule has 1 N–H and O–H groups in total. The molecule has 0 fully saturated rings. The summed E-state index contributed by atoms with van der Waals surface area (Å²) in [6.07, 6.45) is 1.35. The minimum absolute atomic E-state index is 0.0642. The molecule has 0 atom stereocenters. The van der Waals surface area contributed by atoms with E-state index in [0.717, 1.165) is 0 Å². The van der Waals surface area contributed by atoms with Crippen LogP contribution in [0.4, 0.5) is 0 Å². The van der Waals surface area contributed by atoms with Crippen LogP contribution in [0, 0.1) is 18.3 Å². The number of methoxy groups -OCH3 is 1. The van der Waals surface area contributed by atoms with Gasteiger partial charge in [0.05, 0.1) is 18.5 Å². The van der Waals surface area contributed by atoms with Gasteiger partial charge in [-0.1, -0.05) is 0 Å². The molecule has 2 aromatic rings. The highest BCUT2D eigenvalue weighted by Crippen LogP contribution is 2.29. The summed E-state index contributed by atoms with van der Waals surface area (Å²) >= 11 is 6.55. The second-order valence-electron chi connectivity index (χ2n) is 4.94. The summed E-state index contributed by atoms with van der Waals surface area (Å²) in [5, 5.41) is 13.1. The number of pyridine rings is 1. The van der Waals surface area contributed by atoms with E-state index in [1.165, 1.54) is 13.3 Å². The third kappa shape index (κ3) is 5.14. The number of aryl methyl sites for hydroxylation is 1. The van der Waals surface area contributed by atoms with E-state index in [1.807, 2.05) is 6.07 Å². The lowest BCUT2D eigenvalue weighted by atomic mass is 10.1. The number of furan rings is 1. The fourth-order valence-corrected chi connectivity index (χ4v) is 2.67. The molecule has 8 nitrogen and oxygen atoms in total. The molecule has 2 aromatic heterocycles. The van der Waals surface area contributed by atoms with Gasteiger partial charge in [-0.3, -0.25) is 4.79 Å². The third-order valence-electron chi connectivity index (χ3n) is 3.08. The Hall–Kier alpha value is -2.22. The fraction of sp³-hybridized carbons (Fsp3) is 0.250. The predicted octanol–water partition coefficient (Wildman–Crippen LogP) is 3.06. The highest BCUT2D eigenvalue weighted by molar-refractivity contribution is 9.10. The van der Waals surface area contributed by atoms with Gasteiger partial charge in [0, 0.05) is 17.1 Å². The number of halogens is 2. The molecule has 10 heteroatoms. The number of aromatic nitrogens is 1. The Morgan fingerprint density at radius 1 is 1.50 bits per heavy atom. The number of nitrogens with zero attached hydrogens (tertiary/aromatic N) is 3. The number of hydrogen-bond donors (Lipinski definition) is 1. The first kappa shape index (κ1) is 20.1. The van der Waals surface area contributed by atoms with E-state index in [2.05, 4.69) is 47.4 Å². The van der Waals surface area contributed by atoms with Gasteiger partial charge in [-0.05, 0) is 50.9 Å². The van der Waals surface area contributed by atoms with Gasteiger partial charge in [0.25, 0.3) is 5.91 Å². The molecule has 0 unspecified atom stereocenters. The highest BCUT2D eigenvalue weighted by atomic mass is 79.9. The molecule has 0 radical (unpaired) electrons. The summed E-state index contributed by atoms with van der Waals surface area (Å²) in [4.78, 5) is 16.0. The molecule has 0 aromatic carbocycles. The van der Waals surface area contributed by atoms with Crippen molar-refractivity contribution < 1.29 is 18.7 Å². The Bertz CT molecular complexity index is 874. The largest absolute Gasteiger partial charge is 0.467 e. The van der Waals surface area contributed by atoms with Crippen LogP contribution < -0.4 is 10.2 Å². The molecule has 0 saturated carbocycles. The molecule has 0 aliphatic carbocycles. The quantitative estimate of drug-likeness (QED) is 0.476. The summed E-state index contributed by atoms with van der Waals surface area (Å²) in [5.41, 5.74) is 3.74. The molecule has 0 bridgehead atoms. The lowest BCUT2D eigenvalue weighted by Gasteiger charge is -2.13. The predicted molar refractivity (Wildman–Crippen MR) is 99.7 cm³/mol. The summed E-state index contributed by atoms with van der Waals surface area (Å²) in [6.45, 7) is 1.61. The Labute approximate surface area is 166 Å². The summed E-state index contributed by atoms with van der Waals surface area (Å²) in [6, 6.07) is 5.42. The number of hydrazone groups is 1. The number of amides is 1. The zero-order valence-electron chi connectivity index (χ0n) is 13.9. The number of carbonyl (C=O) groups excluding carboxylic acids is 1. The first-order chi connectivity index (χ1) is 12.5. The minimum atomic E-state index is -0.508. The first-order valence-electron chi connectivity index (χ1n) is 7.24. The van der Waals surface area contributed by atoms with Crippen LogP contribution in [0.15, 0.2) is 30.8 Å². The molecule has 136 valence electrons. The highest BCUT2D eigenvalue weighted by Gasteiger charge is 2.18. The topological polar surface area (TPSA) is 110 Å². The van der Waals surface area contributed by atoms with E-state index in [0.29, 0.717) is 26.2 Å². The van der Waals surface area contributed by atoms with Gasteiger partial charge in [0.2, 0.25) is 5.88 Å². The molecule has 0 spiro atoms. The number of ether oxygens (including phenoxy) is 2. The third-order valence-corrected chi connectivity index (χ3v) is 4.56. The molecule has 0 saturated heterocycles. The number of nitriles is 1. The van der Waals surface area contributed by atoms with Crippen molar-refractivity contribution in [2.24, 2.45) is 5.10 Å². The summed E-state index contributed by atoms with van der Waals surface area (Å²) in [7, 11) is 1.52. The van der Waals surface area contributed by atoms with Crippen molar-refractivity contribution in [3.63, 3.8) is 0 Å². The minimum Gasteiger partial charge on any atom is -0.467 e. The van der Waals surface area contributed by atoms with E-state index in [1.54, 1.807) is 19.1 Å². The van der Waals surface area contributed by atoms with Gasteiger partial charge in [0.15, 0.2) is 11.3 Å².